The minimum atomic E-state index is -0.0634. The van der Waals surface area contributed by atoms with E-state index in [1.165, 1.54) is 0 Å². The van der Waals surface area contributed by atoms with E-state index in [-0.39, 0.29) is 5.91 Å². The van der Waals surface area contributed by atoms with Gasteiger partial charge in [-0.25, -0.2) is 0 Å². The molecular formula is C13H21N3O2. The molecule has 3 N–H and O–H groups in total. The fourth-order valence-electron chi connectivity index (χ4n) is 2.29. The minimum absolute atomic E-state index is 0.0634. The molecule has 1 aliphatic rings. The Hall–Kier alpha value is -1.49. The molecular weight excluding hydrogens is 230 g/mol. The van der Waals surface area contributed by atoms with Crippen LogP contribution in [-0.4, -0.2) is 29.7 Å². The Labute approximate surface area is 107 Å². The summed E-state index contributed by atoms with van der Waals surface area (Å²) in [7, 11) is 0. The van der Waals surface area contributed by atoms with Gasteiger partial charge in [0.15, 0.2) is 0 Å². The average Bonchev–Trinajstić information content (AvgIpc) is 2.98. The fraction of sp³-hybridized carbons (Fsp3) is 0.615. The van der Waals surface area contributed by atoms with Crippen LogP contribution >= 0.6 is 0 Å². The molecule has 18 heavy (non-hydrogen) atoms. The van der Waals surface area contributed by atoms with Gasteiger partial charge in [-0.2, -0.15) is 0 Å². The van der Waals surface area contributed by atoms with Crippen LogP contribution in [0, 0.1) is 0 Å². The number of rotatable bonds is 5. The molecule has 0 spiro atoms. The van der Waals surface area contributed by atoms with Gasteiger partial charge in [-0.05, 0) is 32.3 Å². The number of amides is 1. The van der Waals surface area contributed by atoms with Crippen LogP contribution in [0.15, 0.2) is 12.3 Å². The molecule has 5 heteroatoms. The summed E-state index contributed by atoms with van der Waals surface area (Å²) in [5.41, 5.74) is 6.95. The Morgan fingerprint density at radius 1 is 1.67 bits per heavy atom. The zero-order valence-corrected chi connectivity index (χ0v) is 10.8. The van der Waals surface area contributed by atoms with Crippen LogP contribution in [0.5, 0.6) is 0 Å². The first-order valence-electron chi connectivity index (χ1n) is 6.56. The van der Waals surface area contributed by atoms with E-state index in [2.05, 4.69) is 5.32 Å². The van der Waals surface area contributed by atoms with Crippen molar-refractivity contribution in [2.75, 3.05) is 18.9 Å². The van der Waals surface area contributed by atoms with E-state index < -0.39 is 0 Å². The number of nitrogens with one attached hydrogen (secondary N) is 1. The molecule has 1 aromatic heterocycles. The molecule has 100 valence electrons. The molecule has 0 aliphatic carbocycles. The molecule has 0 bridgehead atoms. The number of nitrogens with two attached hydrogens (primary N) is 1. The highest BCUT2D eigenvalue weighted by Gasteiger charge is 2.16. The zero-order chi connectivity index (χ0) is 13.0. The van der Waals surface area contributed by atoms with Crippen molar-refractivity contribution in [2.45, 2.75) is 38.8 Å². The van der Waals surface area contributed by atoms with Crippen molar-refractivity contribution in [3.8, 4) is 0 Å². The van der Waals surface area contributed by atoms with Gasteiger partial charge in [0.25, 0.3) is 5.91 Å². The number of aromatic nitrogens is 1. The highest BCUT2D eigenvalue weighted by molar-refractivity contribution is 5.93. The summed E-state index contributed by atoms with van der Waals surface area (Å²) < 4.78 is 7.37. The van der Waals surface area contributed by atoms with Crippen LogP contribution in [0.4, 0.5) is 5.69 Å². The molecule has 0 saturated carbocycles. The number of nitrogens with zero attached hydrogens (tertiary/aromatic N) is 1. The monoisotopic (exact) mass is 251 g/mol. The van der Waals surface area contributed by atoms with Gasteiger partial charge in [0.2, 0.25) is 0 Å². The first-order chi connectivity index (χ1) is 8.70. The summed E-state index contributed by atoms with van der Waals surface area (Å²) in [6, 6.07) is 1.71. The van der Waals surface area contributed by atoms with Crippen LogP contribution in [0.2, 0.25) is 0 Å². The highest BCUT2D eigenvalue weighted by atomic mass is 16.5. The van der Waals surface area contributed by atoms with E-state index in [4.69, 9.17) is 10.5 Å². The first kappa shape index (κ1) is 13.0. The van der Waals surface area contributed by atoms with Gasteiger partial charge in [0.1, 0.15) is 5.69 Å². The Balaban J connectivity index is 1.83. The van der Waals surface area contributed by atoms with E-state index in [9.17, 15) is 4.79 Å². The SMILES string of the molecule is CCn1cc(N)cc1C(=O)NCCC1CCCO1. The molecule has 1 amide bonds. The molecule has 5 nitrogen and oxygen atoms in total. The van der Waals surface area contributed by atoms with E-state index in [0.29, 0.717) is 24.0 Å². The smallest absolute Gasteiger partial charge is 0.267 e. The Bertz CT molecular complexity index is 408. The topological polar surface area (TPSA) is 69.3 Å². The van der Waals surface area contributed by atoms with Crippen molar-refractivity contribution in [2.24, 2.45) is 0 Å². The molecule has 1 unspecified atom stereocenters. The Morgan fingerprint density at radius 2 is 2.50 bits per heavy atom. The van der Waals surface area contributed by atoms with Crippen molar-refractivity contribution >= 4 is 11.6 Å². The van der Waals surface area contributed by atoms with Crippen LogP contribution in [0.3, 0.4) is 0 Å². The second kappa shape index (κ2) is 5.91. The predicted molar refractivity (Wildman–Crippen MR) is 70.4 cm³/mol. The van der Waals surface area contributed by atoms with E-state index in [0.717, 1.165) is 32.4 Å². The van der Waals surface area contributed by atoms with Crippen LogP contribution in [0.1, 0.15) is 36.7 Å². The lowest BCUT2D eigenvalue weighted by Gasteiger charge is -2.11. The lowest BCUT2D eigenvalue weighted by atomic mass is 10.2. The minimum Gasteiger partial charge on any atom is -0.397 e. The molecule has 0 aromatic carbocycles. The van der Waals surface area contributed by atoms with Crippen molar-refractivity contribution in [3.05, 3.63) is 18.0 Å². The van der Waals surface area contributed by atoms with Gasteiger partial charge in [-0.15, -0.1) is 0 Å². The standard InChI is InChI=1S/C13H21N3O2/c1-2-16-9-10(14)8-12(16)13(17)15-6-5-11-4-3-7-18-11/h8-9,11H,2-7,14H2,1H3,(H,15,17). The fourth-order valence-corrected chi connectivity index (χ4v) is 2.29. The summed E-state index contributed by atoms with van der Waals surface area (Å²) in [4.78, 5) is 12.0. The maximum Gasteiger partial charge on any atom is 0.267 e. The molecule has 1 saturated heterocycles. The molecule has 1 fully saturated rings. The number of hydrogen-bond acceptors (Lipinski definition) is 3. The van der Waals surface area contributed by atoms with Gasteiger partial charge < -0.3 is 20.4 Å². The Morgan fingerprint density at radius 3 is 3.17 bits per heavy atom. The summed E-state index contributed by atoms with van der Waals surface area (Å²) in [5, 5.41) is 2.92. The summed E-state index contributed by atoms with van der Waals surface area (Å²) in [5.74, 6) is -0.0634. The molecule has 1 aliphatic heterocycles. The summed E-state index contributed by atoms with van der Waals surface area (Å²) in [6.07, 6.45) is 5.22. The van der Waals surface area contributed by atoms with Crippen molar-refractivity contribution in [1.29, 1.82) is 0 Å². The predicted octanol–water partition coefficient (Wildman–Crippen LogP) is 1.39. The number of ether oxygens (including phenoxy) is 1. The molecule has 1 atom stereocenters. The van der Waals surface area contributed by atoms with E-state index in [1.807, 2.05) is 11.5 Å². The quantitative estimate of drug-likeness (QED) is 0.831. The second-order valence-corrected chi connectivity index (χ2v) is 4.62. The van der Waals surface area contributed by atoms with Crippen molar-refractivity contribution in [3.63, 3.8) is 0 Å². The second-order valence-electron chi connectivity index (χ2n) is 4.62. The third-order valence-corrected chi connectivity index (χ3v) is 3.27. The largest absolute Gasteiger partial charge is 0.397 e. The van der Waals surface area contributed by atoms with Crippen LogP contribution < -0.4 is 11.1 Å². The molecule has 1 aromatic rings. The number of carbonyl (C=O) groups excluding carboxylic acids is 1. The lowest BCUT2D eigenvalue weighted by molar-refractivity contribution is 0.0900. The number of hydrogen-bond donors (Lipinski definition) is 2. The van der Waals surface area contributed by atoms with Gasteiger partial charge >= 0.3 is 0 Å². The third kappa shape index (κ3) is 3.04. The number of anilines is 1. The van der Waals surface area contributed by atoms with Crippen LogP contribution in [0.25, 0.3) is 0 Å². The third-order valence-electron chi connectivity index (χ3n) is 3.27. The van der Waals surface area contributed by atoms with Crippen molar-refractivity contribution in [1.82, 2.24) is 9.88 Å². The van der Waals surface area contributed by atoms with E-state index in [1.54, 1.807) is 12.3 Å². The van der Waals surface area contributed by atoms with Crippen molar-refractivity contribution < 1.29 is 9.53 Å². The van der Waals surface area contributed by atoms with Gasteiger partial charge in [-0.3, -0.25) is 4.79 Å². The zero-order valence-electron chi connectivity index (χ0n) is 10.8. The molecule has 2 rings (SSSR count). The molecule has 2 heterocycles. The Kier molecular flexibility index (Phi) is 4.25. The maximum absolute atomic E-state index is 12.0. The van der Waals surface area contributed by atoms with Gasteiger partial charge in [0.05, 0.1) is 11.8 Å². The first-order valence-corrected chi connectivity index (χ1v) is 6.56. The summed E-state index contributed by atoms with van der Waals surface area (Å²) in [6.45, 7) is 4.24. The van der Waals surface area contributed by atoms with E-state index >= 15 is 0 Å². The lowest BCUT2D eigenvalue weighted by Crippen LogP contribution is -2.28. The summed E-state index contributed by atoms with van der Waals surface area (Å²) >= 11 is 0. The van der Waals surface area contributed by atoms with Crippen LogP contribution in [-0.2, 0) is 11.3 Å². The normalized spacial score (nSPS) is 19.1. The maximum atomic E-state index is 12.0. The average molecular weight is 251 g/mol. The number of carbonyl (C=O) groups is 1. The molecule has 0 radical (unpaired) electrons. The number of aryl methyl sites for hydroxylation is 1. The van der Waals surface area contributed by atoms with Gasteiger partial charge in [0, 0.05) is 25.9 Å². The highest BCUT2D eigenvalue weighted by Crippen LogP contribution is 2.15. The number of nitrogen functional groups attached to an aromatic ring is 1. The van der Waals surface area contributed by atoms with Gasteiger partial charge in [-0.1, -0.05) is 0 Å².